The van der Waals surface area contributed by atoms with E-state index in [4.69, 9.17) is 21.1 Å². The van der Waals surface area contributed by atoms with Crippen LogP contribution in [0.5, 0.6) is 0 Å². The van der Waals surface area contributed by atoms with Gasteiger partial charge in [-0.3, -0.25) is 9.59 Å². The number of ketones is 1. The van der Waals surface area contributed by atoms with Gasteiger partial charge in [-0.05, 0) is 74.4 Å². The van der Waals surface area contributed by atoms with Crippen LogP contribution in [-0.2, 0) is 32.5 Å². The molecule has 1 saturated heterocycles. The van der Waals surface area contributed by atoms with Crippen LogP contribution in [0.4, 0.5) is 18.9 Å². The molecule has 0 radical (unpaired) electrons. The van der Waals surface area contributed by atoms with Crippen LogP contribution in [0, 0.1) is 11.6 Å². The fourth-order valence-corrected chi connectivity index (χ4v) is 6.29. The Kier molecular flexibility index (Phi) is 8.87. The van der Waals surface area contributed by atoms with E-state index in [1.807, 2.05) is 0 Å². The van der Waals surface area contributed by atoms with Crippen molar-refractivity contribution in [3.63, 3.8) is 0 Å². The zero-order chi connectivity index (χ0) is 30.9. The topological polar surface area (TPSA) is 89.9 Å². The lowest BCUT2D eigenvalue weighted by Gasteiger charge is -2.42. The summed E-state index contributed by atoms with van der Waals surface area (Å²) >= 11 is 6.39. The molecule has 0 spiro atoms. The van der Waals surface area contributed by atoms with Gasteiger partial charge in [-0.1, -0.05) is 18.0 Å². The summed E-state index contributed by atoms with van der Waals surface area (Å²) in [5, 5.41) is 2.81. The maximum Gasteiger partial charge on any atom is 0.338 e. The second-order valence-electron chi connectivity index (χ2n) is 11.2. The fraction of sp³-hybridized carbons (Fsp3) is 0.452. The maximum absolute atomic E-state index is 16.8. The van der Waals surface area contributed by atoms with Crippen LogP contribution in [0.15, 0.2) is 36.5 Å². The number of benzene rings is 2. The van der Waals surface area contributed by atoms with Crippen LogP contribution < -0.4 is 5.32 Å². The van der Waals surface area contributed by atoms with Gasteiger partial charge < -0.3 is 19.4 Å². The number of halogens is 4. The van der Waals surface area contributed by atoms with Gasteiger partial charge in [0.2, 0.25) is 5.78 Å². The normalized spacial score (nSPS) is 18.4. The van der Waals surface area contributed by atoms with Crippen LogP contribution in [-0.4, -0.2) is 58.9 Å². The number of rotatable bonds is 9. The van der Waals surface area contributed by atoms with Crippen molar-refractivity contribution in [2.45, 2.75) is 62.9 Å². The monoisotopic (exact) mass is 619 g/mol. The van der Waals surface area contributed by atoms with Crippen molar-refractivity contribution in [1.82, 2.24) is 9.47 Å². The average molecular weight is 620 g/mol. The van der Waals surface area contributed by atoms with Crippen molar-refractivity contribution < 1.29 is 37.0 Å². The molecule has 3 aromatic rings. The van der Waals surface area contributed by atoms with E-state index in [0.29, 0.717) is 36.6 Å². The molecule has 1 aliphatic carbocycles. The van der Waals surface area contributed by atoms with Gasteiger partial charge in [0, 0.05) is 43.7 Å². The molecule has 12 heteroatoms. The molecule has 1 unspecified atom stereocenters. The zero-order valence-corrected chi connectivity index (χ0v) is 24.7. The number of methoxy groups -OCH3 is 1. The number of nitrogens with one attached hydrogen (secondary N) is 1. The second kappa shape index (κ2) is 12.3. The predicted molar refractivity (Wildman–Crippen MR) is 155 cm³/mol. The third kappa shape index (κ3) is 6.03. The van der Waals surface area contributed by atoms with Crippen LogP contribution in [0.1, 0.15) is 60.9 Å². The molecule has 2 fully saturated rings. The van der Waals surface area contributed by atoms with Gasteiger partial charge in [-0.15, -0.1) is 0 Å². The van der Waals surface area contributed by atoms with E-state index < -0.39 is 47.3 Å². The number of amides is 1. The smallest absolute Gasteiger partial charge is 0.338 e. The lowest BCUT2D eigenvalue weighted by Crippen LogP contribution is -2.60. The van der Waals surface area contributed by atoms with Gasteiger partial charge in [0.15, 0.2) is 5.60 Å². The number of aromatic nitrogens is 1. The molecule has 1 atom stereocenters. The van der Waals surface area contributed by atoms with Crippen molar-refractivity contribution in [3.8, 4) is 0 Å². The molecule has 2 aromatic carbocycles. The van der Waals surface area contributed by atoms with Gasteiger partial charge in [-0.2, -0.15) is 4.39 Å². The number of Topliss-reactive ketones (excluding diaryl/α,β-unsaturated/α-hetero) is 1. The summed E-state index contributed by atoms with van der Waals surface area (Å²) in [7, 11) is 2.89. The standard InChI is InChI=1S/C31H33ClF3N3O5/c1-37-18-22(21-16-20(33)8-9-26(21)37)28(40)36-25-17-24(34)19(14-23(25)32)15-27(39)31(35,38-12-6-7-13-38)43-30(29(41)42-2)10-4-3-5-11-30/h8-9,14,16-18H,3-7,10-13,15H2,1-2H3,(H,36,40). The number of esters is 1. The minimum Gasteiger partial charge on any atom is -0.467 e. The Morgan fingerprint density at radius 3 is 2.42 bits per heavy atom. The molecule has 230 valence electrons. The zero-order valence-electron chi connectivity index (χ0n) is 24.0. The van der Waals surface area contributed by atoms with Gasteiger partial charge in [0.1, 0.15) is 11.6 Å². The first kappa shape index (κ1) is 31.0. The predicted octanol–water partition coefficient (Wildman–Crippen LogP) is 6.09. The van der Waals surface area contributed by atoms with Crippen molar-refractivity contribution in [2.75, 3.05) is 25.5 Å². The van der Waals surface area contributed by atoms with E-state index in [0.717, 1.165) is 18.6 Å². The first-order valence-electron chi connectivity index (χ1n) is 14.3. The van der Waals surface area contributed by atoms with Crippen LogP contribution in [0.3, 0.4) is 0 Å². The molecule has 1 N–H and O–H groups in total. The molecule has 1 saturated carbocycles. The second-order valence-corrected chi connectivity index (χ2v) is 11.6. The van der Waals surface area contributed by atoms with Crippen LogP contribution in [0.25, 0.3) is 10.9 Å². The van der Waals surface area contributed by atoms with Gasteiger partial charge in [-0.25, -0.2) is 18.5 Å². The number of fused-ring (bicyclic) bond motifs is 1. The summed E-state index contributed by atoms with van der Waals surface area (Å²) in [6, 6.07) is 6.14. The summed E-state index contributed by atoms with van der Waals surface area (Å²) in [4.78, 5) is 40.7. The Hall–Kier alpha value is -3.41. The Bertz CT molecular complexity index is 1570. The highest BCUT2D eigenvalue weighted by molar-refractivity contribution is 6.34. The van der Waals surface area contributed by atoms with Crippen molar-refractivity contribution in [3.05, 3.63) is 64.3 Å². The van der Waals surface area contributed by atoms with Crippen molar-refractivity contribution in [2.24, 2.45) is 7.05 Å². The minimum atomic E-state index is -2.99. The third-order valence-corrected chi connectivity index (χ3v) is 8.65. The highest BCUT2D eigenvalue weighted by Crippen LogP contribution is 2.40. The molecule has 8 nitrogen and oxygen atoms in total. The number of ether oxygens (including phenoxy) is 2. The van der Waals surface area contributed by atoms with E-state index >= 15 is 8.78 Å². The summed E-state index contributed by atoms with van der Waals surface area (Å²) < 4.78 is 58.6. The summed E-state index contributed by atoms with van der Waals surface area (Å²) in [6.07, 6.45) is 4.50. The van der Waals surface area contributed by atoms with Crippen LogP contribution >= 0.6 is 11.6 Å². The van der Waals surface area contributed by atoms with Crippen LogP contribution in [0.2, 0.25) is 5.02 Å². The molecule has 2 aliphatic rings. The molecule has 43 heavy (non-hydrogen) atoms. The highest BCUT2D eigenvalue weighted by atomic mass is 35.5. The Labute approximate surface area is 252 Å². The lowest BCUT2D eigenvalue weighted by molar-refractivity contribution is -0.281. The van der Waals surface area contributed by atoms with Crippen molar-refractivity contribution >= 4 is 45.9 Å². The molecule has 1 aliphatic heterocycles. The lowest BCUT2D eigenvalue weighted by atomic mass is 9.84. The number of likely N-dealkylation sites (tertiary alicyclic amines) is 1. The first-order valence-corrected chi connectivity index (χ1v) is 14.6. The third-order valence-electron chi connectivity index (χ3n) is 8.34. The molecule has 5 rings (SSSR count). The number of aryl methyl sites for hydroxylation is 1. The summed E-state index contributed by atoms with van der Waals surface area (Å²) in [5.74, 6) is -6.88. The Morgan fingerprint density at radius 1 is 1.05 bits per heavy atom. The summed E-state index contributed by atoms with van der Waals surface area (Å²) in [5.41, 5.74) is -1.15. The number of anilines is 1. The molecular formula is C31H33ClF3N3O5. The Morgan fingerprint density at radius 2 is 1.74 bits per heavy atom. The molecule has 1 amide bonds. The fourth-order valence-electron chi connectivity index (χ4n) is 6.05. The molecule has 0 bridgehead atoms. The minimum absolute atomic E-state index is 0.0806. The largest absolute Gasteiger partial charge is 0.467 e. The molecular weight excluding hydrogens is 587 g/mol. The van der Waals surface area contributed by atoms with E-state index in [1.54, 1.807) is 11.6 Å². The first-order chi connectivity index (χ1) is 20.5. The van der Waals surface area contributed by atoms with Gasteiger partial charge in [0.05, 0.1) is 23.4 Å². The van der Waals surface area contributed by atoms with E-state index in [-0.39, 0.29) is 47.8 Å². The average Bonchev–Trinajstić information content (AvgIpc) is 3.64. The quantitative estimate of drug-likeness (QED) is 0.231. The summed E-state index contributed by atoms with van der Waals surface area (Å²) in [6.45, 7) is 0.456. The van der Waals surface area contributed by atoms with Crippen molar-refractivity contribution in [1.29, 1.82) is 0 Å². The maximum atomic E-state index is 16.8. The van der Waals surface area contributed by atoms with E-state index in [9.17, 15) is 18.8 Å². The number of nitrogens with zero attached hydrogens (tertiary/aromatic N) is 2. The number of carbonyl (C=O) groups is 3. The number of hydrogen-bond donors (Lipinski definition) is 1. The molecule has 2 heterocycles. The molecule has 1 aromatic heterocycles. The van der Waals surface area contributed by atoms with Gasteiger partial charge >= 0.3 is 11.9 Å². The SMILES string of the molecule is COC(=O)C1(OC(F)(C(=O)Cc2cc(Cl)c(NC(=O)c3cn(C)c4ccc(F)cc34)cc2F)N2CCCC2)CCCCC1. The van der Waals surface area contributed by atoms with E-state index in [1.165, 1.54) is 36.4 Å². The number of carbonyl (C=O) groups excluding carboxylic acids is 3. The highest BCUT2D eigenvalue weighted by Gasteiger charge is 2.55. The van der Waals surface area contributed by atoms with E-state index in [2.05, 4.69) is 5.32 Å². The van der Waals surface area contributed by atoms with Gasteiger partial charge in [0.25, 0.3) is 5.91 Å². The number of alkyl halides is 1. The number of hydrogen-bond acceptors (Lipinski definition) is 6. The Balaban J connectivity index is 1.39.